The molecule has 0 aromatic heterocycles. The van der Waals surface area contributed by atoms with E-state index in [1.165, 1.54) is 5.56 Å². The van der Waals surface area contributed by atoms with Crippen LogP contribution in [0.3, 0.4) is 0 Å². The summed E-state index contributed by atoms with van der Waals surface area (Å²) >= 11 is 0. The van der Waals surface area contributed by atoms with Gasteiger partial charge in [0, 0.05) is 0 Å². The van der Waals surface area contributed by atoms with E-state index >= 15 is 0 Å². The van der Waals surface area contributed by atoms with Gasteiger partial charge in [0.2, 0.25) is 0 Å². The van der Waals surface area contributed by atoms with E-state index in [0.29, 0.717) is 23.8 Å². The standard InChI is InChI=1S/C28H32N2O4/c1-4-20(3)21-11-15-24(16-12-21)33-19-27(31)29-30-28(32)26(5-2)34-25-17-13-23(14-18-25)22-9-7-6-8-10-22/h6-18,20,26H,4-5,19H2,1-3H3,(H,29,31)(H,30,32). The Morgan fingerprint density at radius 3 is 2.00 bits per heavy atom. The van der Waals surface area contributed by atoms with Crippen molar-refractivity contribution in [2.24, 2.45) is 0 Å². The van der Waals surface area contributed by atoms with E-state index in [0.717, 1.165) is 17.5 Å². The molecule has 178 valence electrons. The van der Waals surface area contributed by atoms with E-state index in [1.807, 2.05) is 85.8 Å². The van der Waals surface area contributed by atoms with Crippen LogP contribution in [-0.4, -0.2) is 24.5 Å². The summed E-state index contributed by atoms with van der Waals surface area (Å²) in [7, 11) is 0. The zero-order valence-corrected chi connectivity index (χ0v) is 19.9. The lowest BCUT2D eigenvalue weighted by molar-refractivity contribution is -0.134. The highest BCUT2D eigenvalue weighted by Crippen LogP contribution is 2.23. The molecule has 0 aliphatic rings. The molecule has 3 rings (SSSR count). The molecule has 2 amide bonds. The monoisotopic (exact) mass is 460 g/mol. The topological polar surface area (TPSA) is 76.7 Å². The Balaban J connectivity index is 1.45. The summed E-state index contributed by atoms with van der Waals surface area (Å²) in [4.78, 5) is 24.6. The van der Waals surface area contributed by atoms with Crippen molar-refractivity contribution in [3.63, 3.8) is 0 Å². The molecule has 2 unspecified atom stereocenters. The summed E-state index contributed by atoms with van der Waals surface area (Å²) in [5.41, 5.74) is 8.19. The van der Waals surface area contributed by atoms with Crippen LogP contribution in [0, 0.1) is 0 Å². The van der Waals surface area contributed by atoms with Crippen LogP contribution in [-0.2, 0) is 9.59 Å². The molecule has 0 aliphatic heterocycles. The van der Waals surface area contributed by atoms with Crippen molar-refractivity contribution in [2.45, 2.75) is 45.6 Å². The third kappa shape index (κ3) is 7.10. The number of ether oxygens (including phenoxy) is 2. The van der Waals surface area contributed by atoms with E-state index in [2.05, 4.69) is 24.7 Å². The minimum absolute atomic E-state index is 0.207. The summed E-state index contributed by atoms with van der Waals surface area (Å²) in [6, 6.07) is 25.3. The van der Waals surface area contributed by atoms with Crippen LogP contribution in [0.15, 0.2) is 78.9 Å². The zero-order chi connectivity index (χ0) is 24.3. The van der Waals surface area contributed by atoms with E-state index in [4.69, 9.17) is 9.47 Å². The van der Waals surface area contributed by atoms with Gasteiger partial charge in [-0.05, 0) is 59.7 Å². The van der Waals surface area contributed by atoms with Gasteiger partial charge in [-0.2, -0.15) is 0 Å². The predicted octanol–water partition coefficient (Wildman–Crippen LogP) is 5.25. The van der Waals surface area contributed by atoms with E-state index in [1.54, 1.807) is 0 Å². The highest BCUT2D eigenvalue weighted by atomic mass is 16.5. The molecule has 2 atom stereocenters. The lowest BCUT2D eigenvalue weighted by atomic mass is 9.99. The summed E-state index contributed by atoms with van der Waals surface area (Å²) in [6.07, 6.45) is 0.766. The average Bonchev–Trinajstić information content (AvgIpc) is 2.89. The summed E-state index contributed by atoms with van der Waals surface area (Å²) < 4.78 is 11.3. The van der Waals surface area contributed by atoms with Gasteiger partial charge in [0.05, 0.1) is 0 Å². The number of rotatable bonds is 10. The van der Waals surface area contributed by atoms with Gasteiger partial charge in [0.25, 0.3) is 11.8 Å². The smallest absolute Gasteiger partial charge is 0.279 e. The number of hydrogen-bond donors (Lipinski definition) is 2. The lowest BCUT2D eigenvalue weighted by Crippen LogP contribution is -2.49. The molecule has 34 heavy (non-hydrogen) atoms. The Labute approximate surface area is 201 Å². The molecule has 3 aromatic rings. The Morgan fingerprint density at radius 2 is 1.38 bits per heavy atom. The van der Waals surface area contributed by atoms with Crippen LogP contribution in [0.2, 0.25) is 0 Å². The summed E-state index contributed by atoms with van der Waals surface area (Å²) in [5, 5.41) is 0. The Morgan fingerprint density at radius 1 is 0.765 bits per heavy atom. The normalized spacial score (nSPS) is 12.3. The third-order valence-electron chi connectivity index (χ3n) is 5.66. The van der Waals surface area contributed by atoms with Gasteiger partial charge in [-0.25, -0.2) is 0 Å². The maximum atomic E-state index is 12.5. The first-order valence-electron chi connectivity index (χ1n) is 11.6. The molecular weight excluding hydrogens is 428 g/mol. The Hall–Kier alpha value is -3.80. The molecule has 0 spiro atoms. The molecular formula is C28H32N2O4. The van der Waals surface area contributed by atoms with Crippen molar-refractivity contribution in [1.29, 1.82) is 0 Å². The fraction of sp³-hybridized carbons (Fsp3) is 0.286. The van der Waals surface area contributed by atoms with Crippen LogP contribution in [0.1, 0.15) is 45.1 Å². The van der Waals surface area contributed by atoms with Crippen molar-refractivity contribution >= 4 is 11.8 Å². The predicted molar refractivity (Wildman–Crippen MR) is 134 cm³/mol. The fourth-order valence-electron chi connectivity index (χ4n) is 3.37. The van der Waals surface area contributed by atoms with Gasteiger partial charge >= 0.3 is 0 Å². The van der Waals surface area contributed by atoms with Gasteiger partial charge in [0.15, 0.2) is 12.7 Å². The molecule has 6 heteroatoms. The number of carbonyl (C=O) groups excluding carboxylic acids is 2. The van der Waals surface area contributed by atoms with Gasteiger partial charge in [-0.3, -0.25) is 20.4 Å². The largest absolute Gasteiger partial charge is 0.484 e. The van der Waals surface area contributed by atoms with Crippen LogP contribution in [0.4, 0.5) is 0 Å². The summed E-state index contributed by atoms with van der Waals surface area (Å²) in [6.45, 7) is 5.95. The van der Waals surface area contributed by atoms with Crippen LogP contribution in [0.25, 0.3) is 11.1 Å². The number of carbonyl (C=O) groups is 2. The number of amides is 2. The van der Waals surface area contributed by atoms with Crippen LogP contribution in [0.5, 0.6) is 11.5 Å². The quantitative estimate of drug-likeness (QED) is 0.405. The SMILES string of the molecule is CCC(Oc1ccc(-c2ccccc2)cc1)C(=O)NNC(=O)COc1ccc(C(C)CC)cc1. The zero-order valence-electron chi connectivity index (χ0n) is 19.9. The molecule has 2 N–H and O–H groups in total. The number of hydrogen-bond acceptors (Lipinski definition) is 4. The minimum atomic E-state index is -0.739. The third-order valence-corrected chi connectivity index (χ3v) is 5.66. The Kier molecular flexibility index (Phi) is 9.09. The van der Waals surface area contributed by atoms with Crippen LogP contribution < -0.4 is 20.3 Å². The van der Waals surface area contributed by atoms with Gasteiger partial charge in [0.1, 0.15) is 11.5 Å². The van der Waals surface area contributed by atoms with Gasteiger partial charge in [-0.1, -0.05) is 75.4 Å². The second-order valence-corrected chi connectivity index (χ2v) is 8.11. The molecule has 3 aromatic carbocycles. The first-order valence-corrected chi connectivity index (χ1v) is 11.6. The van der Waals surface area contributed by atoms with E-state index in [-0.39, 0.29) is 6.61 Å². The molecule has 0 saturated heterocycles. The van der Waals surface area contributed by atoms with Crippen molar-refractivity contribution in [1.82, 2.24) is 10.9 Å². The Bertz CT molecular complexity index is 1050. The number of benzene rings is 3. The lowest BCUT2D eigenvalue weighted by Gasteiger charge is -2.18. The molecule has 0 radical (unpaired) electrons. The maximum Gasteiger partial charge on any atom is 0.279 e. The van der Waals surface area contributed by atoms with Crippen molar-refractivity contribution < 1.29 is 19.1 Å². The molecule has 0 saturated carbocycles. The summed E-state index contributed by atoms with van der Waals surface area (Å²) in [5.74, 6) is 0.768. The van der Waals surface area contributed by atoms with Gasteiger partial charge < -0.3 is 9.47 Å². The second-order valence-electron chi connectivity index (χ2n) is 8.11. The van der Waals surface area contributed by atoms with E-state index < -0.39 is 17.9 Å². The number of hydrazine groups is 1. The molecule has 0 fully saturated rings. The fourth-order valence-corrected chi connectivity index (χ4v) is 3.37. The molecule has 6 nitrogen and oxygen atoms in total. The average molecular weight is 461 g/mol. The van der Waals surface area contributed by atoms with Crippen molar-refractivity contribution in [3.05, 3.63) is 84.4 Å². The van der Waals surface area contributed by atoms with Crippen molar-refractivity contribution in [2.75, 3.05) is 6.61 Å². The number of nitrogens with one attached hydrogen (secondary N) is 2. The second kappa shape index (κ2) is 12.4. The highest BCUT2D eigenvalue weighted by Gasteiger charge is 2.19. The molecule has 0 heterocycles. The first kappa shape index (κ1) is 24.8. The minimum Gasteiger partial charge on any atom is -0.484 e. The van der Waals surface area contributed by atoms with Crippen molar-refractivity contribution in [3.8, 4) is 22.6 Å². The van der Waals surface area contributed by atoms with E-state index in [9.17, 15) is 9.59 Å². The van der Waals surface area contributed by atoms with Gasteiger partial charge in [-0.15, -0.1) is 0 Å². The highest BCUT2D eigenvalue weighted by molar-refractivity contribution is 5.85. The van der Waals surface area contributed by atoms with Crippen LogP contribution >= 0.6 is 0 Å². The molecule has 0 bridgehead atoms. The maximum absolute atomic E-state index is 12.5. The first-order chi connectivity index (χ1) is 16.5. The molecule has 0 aliphatic carbocycles.